The van der Waals surface area contributed by atoms with Gasteiger partial charge in [-0.15, -0.1) is 0 Å². The monoisotopic (exact) mass is 292 g/mol. The Balaban J connectivity index is 2.32. The van der Waals surface area contributed by atoms with Gasteiger partial charge in [0.2, 0.25) is 0 Å². The summed E-state index contributed by atoms with van der Waals surface area (Å²) in [6.07, 6.45) is 2.95. The molecule has 0 aliphatic rings. The molecule has 0 amide bonds. The quantitative estimate of drug-likeness (QED) is 0.849. The van der Waals surface area contributed by atoms with Gasteiger partial charge in [-0.1, -0.05) is 0 Å². The number of aromatic nitrogens is 1. The van der Waals surface area contributed by atoms with Crippen LogP contribution in [0, 0.1) is 17.1 Å². The Morgan fingerprint density at radius 1 is 1.35 bits per heavy atom. The number of benzene rings is 1. The molecule has 0 aliphatic carbocycles. The summed E-state index contributed by atoms with van der Waals surface area (Å²) < 4.78 is 18.8. The summed E-state index contributed by atoms with van der Waals surface area (Å²) in [5.74, 6) is 0.403. The van der Waals surface area contributed by atoms with E-state index >= 15 is 0 Å². The average molecular weight is 293 g/mol. The fourth-order valence-electron chi connectivity index (χ4n) is 1.22. The SMILES string of the molecule is N#Cc1ccncc1Oc1ccc(F)c(Br)c1. The molecule has 1 heterocycles. The van der Waals surface area contributed by atoms with Crippen LogP contribution in [0.15, 0.2) is 41.1 Å². The van der Waals surface area contributed by atoms with E-state index in [0.717, 1.165) is 0 Å². The van der Waals surface area contributed by atoms with E-state index in [4.69, 9.17) is 10.00 Å². The lowest BCUT2D eigenvalue weighted by molar-refractivity contribution is 0.476. The molecule has 0 spiro atoms. The molecular formula is C12H6BrFN2O. The number of pyridine rings is 1. The van der Waals surface area contributed by atoms with Crippen LogP contribution in [0.1, 0.15) is 5.56 Å². The highest BCUT2D eigenvalue weighted by atomic mass is 79.9. The molecule has 0 fully saturated rings. The maximum Gasteiger partial charge on any atom is 0.163 e. The van der Waals surface area contributed by atoms with E-state index in [1.807, 2.05) is 6.07 Å². The molecule has 0 saturated heterocycles. The van der Waals surface area contributed by atoms with Crippen LogP contribution >= 0.6 is 15.9 Å². The van der Waals surface area contributed by atoms with Crippen LogP contribution in [-0.4, -0.2) is 4.98 Å². The molecule has 84 valence electrons. The number of hydrogen-bond acceptors (Lipinski definition) is 3. The lowest BCUT2D eigenvalue weighted by Gasteiger charge is -2.06. The van der Waals surface area contributed by atoms with E-state index < -0.39 is 0 Å². The number of hydrogen-bond donors (Lipinski definition) is 0. The smallest absolute Gasteiger partial charge is 0.163 e. The van der Waals surface area contributed by atoms with Crippen molar-refractivity contribution in [3.63, 3.8) is 0 Å². The number of rotatable bonds is 2. The van der Waals surface area contributed by atoms with Gasteiger partial charge in [0.25, 0.3) is 0 Å². The highest BCUT2D eigenvalue weighted by Crippen LogP contribution is 2.27. The van der Waals surface area contributed by atoms with Crippen molar-refractivity contribution in [3.05, 3.63) is 52.5 Å². The van der Waals surface area contributed by atoms with E-state index in [0.29, 0.717) is 21.5 Å². The summed E-state index contributed by atoms with van der Waals surface area (Å²) in [6, 6.07) is 7.79. The number of halogens is 2. The van der Waals surface area contributed by atoms with Gasteiger partial charge in [0.15, 0.2) is 5.75 Å². The van der Waals surface area contributed by atoms with Gasteiger partial charge in [-0.3, -0.25) is 4.98 Å². The molecular weight excluding hydrogens is 287 g/mol. The molecule has 0 unspecified atom stereocenters. The summed E-state index contributed by atoms with van der Waals surface area (Å²) >= 11 is 3.06. The topological polar surface area (TPSA) is 45.9 Å². The molecule has 2 aromatic rings. The van der Waals surface area contributed by atoms with Gasteiger partial charge in [-0.05, 0) is 40.2 Å². The fraction of sp³-hybridized carbons (Fsp3) is 0. The predicted octanol–water partition coefficient (Wildman–Crippen LogP) is 3.65. The van der Waals surface area contributed by atoms with E-state index in [-0.39, 0.29) is 5.82 Å². The number of ether oxygens (including phenoxy) is 1. The normalized spacial score (nSPS) is 9.71. The van der Waals surface area contributed by atoms with Crippen LogP contribution in [0.5, 0.6) is 11.5 Å². The van der Waals surface area contributed by atoms with Gasteiger partial charge in [0.05, 0.1) is 16.2 Å². The van der Waals surface area contributed by atoms with Crippen LogP contribution < -0.4 is 4.74 Å². The third kappa shape index (κ3) is 2.60. The van der Waals surface area contributed by atoms with Crippen molar-refractivity contribution in [2.75, 3.05) is 0 Å². The summed E-state index contributed by atoms with van der Waals surface area (Å²) in [5.41, 5.74) is 0.375. The maximum atomic E-state index is 13.0. The minimum atomic E-state index is -0.371. The van der Waals surface area contributed by atoms with Crippen LogP contribution in [0.2, 0.25) is 0 Å². The summed E-state index contributed by atoms with van der Waals surface area (Å²) in [7, 11) is 0. The van der Waals surface area contributed by atoms with Gasteiger partial charge in [-0.2, -0.15) is 5.26 Å². The Hall–Kier alpha value is -1.93. The van der Waals surface area contributed by atoms with Gasteiger partial charge in [-0.25, -0.2) is 4.39 Å². The van der Waals surface area contributed by atoms with Crippen LogP contribution in [0.3, 0.4) is 0 Å². The summed E-state index contributed by atoms with van der Waals surface area (Å²) in [5, 5.41) is 8.87. The zero-order valence-corrected chi connectivity index (χ0v) is 10.1. The molecule has 3 nitrogen and oxygen atoms in total. The summed E-state index contributed by atoms with van der Waals surface area (Å²) in [6.45, 7) is 0. The van der Waals surface area contributed by atoms with E-state index in [9.17, 15) is 4.39 Å². The van der Waals surface area contributed by atoms with Gasteiger partial charge >= 0.3 is 0 Å². The first-order valence-electron chi connectivity index (χ1n) is 4.67. The molecule has 1 aromatic heterocycles. The Morgan fingerprint density at radius 2 is 2.18 bits per heavy atom. The lowest BCUT2D eigenvalue weighted by atomic mass is 10.2. The number of nitrogens with zero attached hydrogens (tertiary/aromatic N) is 2. The third-order valence-corrected chi connectivity index (χ3v) is 2.63. The van der Waals surface area contributed by atoms with Gasteiger partial charge in [0, 0.05) is 6.20 Å². The molecule has 0 saturated carbocycles. The standard InChI is InChI=1S/C12H6BrFN2O/c13-10-5-9(1-2-11(10)14)17-12-7-16-4-3-8(12)6-15/h1-5,7H. The van der Waals surface area contributed by atoms with E-state index in [1.54, 1.807) is 6.07 Å². The summed E-state index contributed by atoms with van der Waals surface area (Å²) in [4.78, 5) is 3.87. The Morgan fingerprint density at radius 3 is 2.88 bits per heavy atom. The molecule has 0 aliphatic heterocycles. The van der Waals surface area contributed by atoms with Crippen molar-refractivity contribution in [3.8, 4) is 17.6 Å². The molecule has 1 aromatic carbocycles. The first-order chi connectivity index (χ1) is 8.20. The molecule has 2 rings (SSSR count). The first-order valence-corrected chi connectivity index (χ1v) is 5.47. The minimum Gasteiger partial charge on any atom is -0.454 e. The average Bonchev–Trinajstić information content (AvgIpc) is 2.34. The fourth-order valence-corrected chi connectivity index (χ4v) is 1.58. The van der Waals surface area contributed by atoms with Crippen molar-refractivity contribution in [2.24, 2.45) is 0 Å². The van der Waals surface area contributed by atoms with Crippen molar-refractivity contribution >= 4 is 15.9 Å². The van der Waals surface area contributed by atoms with Crippen LogP contribution in [0.4, 0.5) is 4.39 Å². The highest BCUT2D eigenvalue weighted by molar-refractivity contribution is 9.10. The van der Waals surface area contributed by atoms with Crippen molar-refractivity contribution < 1.29 is 9.13 Å². The highest BCUT2D eigenvalue weighted by Gasteiger charge is 2.06. The Kier molecular flexibility index (Phi) is 3.35. The third-order valence-electron chi connectivity index (χ3n) is 2.02. The van der Waals surface area contributed by atoms with Crippen molar-refractivity contribution in [2.45, 2.75) is 0 Å². The lowest BCUT2D eigenvalue weighted by Crippen LogP contribution is -1.90. The second kappa shape index (κ2) is 4.93. The van der Waals surface area contributed by atoms with Crippen LogP contribution in [0.25, 0.3) is 0 Å². The molecule has 0 bridgehead atoms. The Bertz CT molecular complexity index is 595. The van der Waals surface area contributed by atoms with Crippen molar-refractivity contribution in [1.82, 2.24) is 4.98 Å². The molecule has 0 N–H and O–H groups in total. The minimum absolute atomic E-state index is 0.303. The predicted molar refractivity (Wildman–Crippen MR) is 63.1 cm³/mol. The maximum absolute atomic E-state index is 13.0. The van der Waals surface area contributed by atoms with E-state index in [2.05, 4.69) is 20.9 Å². The molecule has 5 heteroatoms. The van der Waals surface area contributed by atoms with Gasteiger partial charge in [0.1, 0.15) is 17.6 Å². The largest absolute Gasteiger partial charge is 0.454 e. The van der Waals surface area contributed by atoms with Gasteiger partial charge < -0.3 is 4.74 Å². The molecule has 0 radical (unpaired) electrons. The molecule has 0 atom stereocenters. The molecule has 17 heavy (non-hydrogen) atoms. The number of nitriles is 1. The van der Waals surface area contributed by atoms with Crippen LogP contribution in [-0.2, 0) is 0 Å². The second-order valence-electron chi connectivity index (χ2n) is 3.16. The second-order valence-corrected chi connectivity index (χ2v) is 4.02. The zero-order chi connectivity index (χ0) is 12.3. The first kappa shape index (κ1) is 11.6. The zero-order valence-electron chi connectivity index (χ0n) is 8.52. The van der Waals surface area contributed by atoms with E-state index in [1.165, 1.54) is 30.6 Å². The van der Waals surface area contributed by atoms with Crippen molar-refractivity contribution in [1.29, 1.82) is 5.26 Å². The Labute approximate surface area is 106 Å².